The van der Waals surface area contributed by atoms with Crippen LogP contribution in [0.5, 0.6) is 0 Å². The fraction of sp³-hybridized carbons (Fsp3) is 0.412. The Morgan fingerprint density at radius 1 is 1.36 bits per heavy atom. The number of aryl methyl sites for hydroxylation is 2. The van der Waals surface area contributed by atoms with Crippen LogP contribution in [0.1, 0.15) is 28.6 Å². The number of benzene rings is 1. The van der Waals surface area contributed by atoms with Crippen molar-refractivity contribution in [3.63, 3.8) is 0 Å². The van der Waals surface area contributed by atoms with Crippen LogP contribution < -0.4 is 5.32 Å². The van der Waals surface area contributed by atoms with Gasteiger partial charge in [-0.25, -0.2) is 0 Å². The fourth-order valence-electron chi connectivity index (χ4n) is 2.98. The molecule has 1 aliphatic rings. The van der Waals surface area contributed by atoms with Gasteiger partial charge < -0.3 is 14.7 Å². The summed E-state index contributed by atoms with van der Waals surface area (Å²) in [5.41, 5.74) is 2.88. The van der Waals surface area contributed by atoms with Crippen LogP contribution in [0.25, 0.3) is 0 Å². The molecule has 1 amide bonds. The number of hydrogen-bond donors (Lipinski definition) is 1. The quantitative estimate of drug-likeness (QED) is 0.942. The highest BCUT2D eigenvalue weighted by molar-refractivity contribution is 5.80. The highest BCUT2D eigenvalue weighted by atomic mass is 16.5. The molecule has 0 radical (unpaired) electrons. The van der Waals surface area contributed by atoms with Crippen molar-refractivity contribution in [3.05, 3.63) is 52.9 Å². The first-order valence-corrected chi connectivity index (χ1v) is 7.63. The van der Waals surface area contributed by atoms with Gasteiger partial charge in [0.15, 0.2) is 0 Å². The van der Waals surface area contributed by atoms with Crippen LogP contribution >= 0.6 is 0 Å². The van der Waals surface area contributed by atoms with Crippen LogP contribution in [0.4, 0.5) is 0 Å². The topological polar surface area (TPSA) is 58.4 Å². The lowest BCUT2D eigenvalue weighted by Crippen LogP contribution is -2.49. The zero-order valence-corrected chi connectivity index (χ0v) is 13.0. The smallest absolute Gasteiger partial charge is 0.227 e. The van der Waals surface area contributed by atoms with E-state index in [9.17, 15) is 4.79 Å². The second-order valence-electron chi connectivity index (χ2n) is 5.70. The molecule has 1 N–H and O–H groups in total. The van der Waals surface area contributed by atoms with Gasteiger partial charge in [-0.15, -0.1) is 0 Å². The van der Waals surface area contributed by atoms with Crippen molar-refractivity contribution in [3.8, 4) is 0 Å². The van der Waals surface area contributed by atoms with Crippen LogP contribution in [0, 0.1) is 13.8 Å². The van der Waals surface area contributed by atoms with Crippen molar-refractivity contribution >= 4 is 5.91 Å². The van der Waals surface area contributed by atoms with Crippen molar-refractivity contribution in [2.45, 2.75) is 26.3 Å². The number of rotatable bonds is 3. The van der Waals surface area contributed by atoms with Crippen molar-refractivity contribution < 1.29 is 9.32 Å². The second kappa shape index (κ2) is 6.32. The van der Waals surface area contributed by atoms with Crippen LogP contribution in [0.3, 0.4) is 0 Å². The van der Waals surface area contributed by atoms with E-state index in [-0.39, 0.29) is 11.9 Å². The second-order valence-corrected chi connectivity index (χ2v) is 5.70. The van der Waals surface area contributed by atoms with E-state index in [4.69, 9.17) is 4.52 Å². The molecule has 0 saturated carbocycles. The normalized spacial score (nSPS) is 18.5. The minimum atomic E-state index is 0.0860. The standard InChI is InChI=1S/C17H21N3O2/c1-12-15(13(2)22-19-12)10-17(21)20-9-8-18-11-16(20)14-6-4-3-5-7-14/h3-7,16,18H,8-11H2,1-2H3/t16-/m1/s1. The summed E-state index contributed by atoms with van der Waals surface area (Å²) in [6.45, 7) is 6.08. The molecule has 1 fully saturated rings. The van der Waals surface area contributed by atoms with Gasteiger partial charge in [-0.1, -0.05) is 35.5 Å². The molecule has 1 saturated heterocycles. The maximum absolute atomic E-state index is 12.8. The van der Waals surface area contributed by atoms with Gasteiger partial charge in [0.05, 0.1) is 18.2 Å². The third-order valence-corrected chi connectivity index (χ3v) is 4.26. The lowest BCUT2D eigenvalue weighted by Gasteiger charge is -2.36. The van der Waals surface area contributed by atoms with Crippen LogP contribution in [0.2, 0.25) is 0 Å². The maximum atomic E-state index is 12.8. The summed E-state index contributed by atoms with van der Waals surface area (Å²) in [5.74, 6) is 0.863. The van der Waals surface area contributed by atoms with Gasteiger partial charge in [0.25, 0.3) is 0 Å². The van der Waals surface area contributed by atoms with Gasteiger partial charge in [-0.2, -0.15) is 0 Å². The van der Waals surface area contributed by atoms with Crippen LogP contribution in [0.15, 0.2) is 34.9 Å². The number of carbonyl (C=O) groups is 1. The van der Waals surface area contributed by atoms with Gasteiger partial charge in [0.2, 0.25) is 5.91 Å². The van der Waals surface area contributed by atoms with Gasteiger partial charge in [-0.05, 0) is 19.4 Å². The van der Waals surface area contributed by atoms with Gasteiger partial charge in [-0.3, -0.25) is 4.79 Å². The SMILES string of the molecule is Cc1noc(C)c1CC(=O)N1CCNC[C@@H]1c1ccccc1. The van der Waals surface area contributed by atoms with Gasteiger partial charge in [0.1, 0.15) is 5.76 Å². The predicted octanol–water partition coefficient (Wildman–Crippen LogP) is 2.01. The summed E-state index contributed by atoms with van der Waals surface area (Å²) in [6, 6.07) is 10.3. The Kier molecular flexibility index (Phi) is 4.24. The van der Waals surface area contributed by atoms with Crippen LogP contribution in [-0.2, 0) is 11.2 Å². The molecule has 5 heteroatoms. The van der Waals surface area contributed by atoms with E-state index in [0.717, 1.165) is 36.7 Å². The maximum Gasteiger partial charge on any atom is 0.227 e. The molecule has 116 valence electrons. The zero-order chi connectivity index (χ0) is 15.5. The van der Waals surface area contributed by atoms with Crippen molar-refractivity contribution in [2.24, 2.45) is 0 Å². The summed E-state index contributed by atoms with van der Waals surface area (Å²) in [5, 5.41) is 7.31. The molecule has 1 aromatic heterocycles. The molecule has 0 bridgehead atoms. The Hall–Kier alpha value is -2.14. The van der Waals surface area contributed by atoms with E-state index in [1.807, 2.05) is 36.9 Å². The Morgan fingerprint density at radius 2 is 2.14 bits per heavy atom. The lowest BCUT2D eigenvalue weighted by atomic mass is 10.0. The third kappa shape index (κ3) is 2.90. The molecule has 0 spiro atoms. The molecular formula is C17H21N3O2. The third-order valence-electron chi connectivity index (χ3n) is 4.26. The molecule has 2 aromatic rings. The number of hydrogen-bond acceptors (Lipinski definition) is 4. The van der Waals surface area contributed by atoms with E-state index in [0.29, 0.717) is 6.42 Å². The highest BCUT2D eigenvalue weighted by Gasteiger charge is 2.28. The summed E-state index contributed by atoms with van der Waals surface area (Å²) >= 11 is 0. The first kappa shape index (κ1) is 14.8. The zero-order valence-electron chi connectivity index (χ0n) is 13.0. The summed E-state index contributed by atoms with van der Waals surface area (Å²) < 4.78 is 5.16. The molecule has 0 unspecified atom stereocenters. The molecule has 22 heavy (non-hydrogen) atoms. The van der Waals surface area contributed by atoms with Gasteiger partial charge in [0, 0.05) is 25.2 Å². The lowest BCUT2D eigenvalue weighted by molar-refractivity contribution is -0.133. The van der Waals surface area contributed by atoms with Crippen LogP contribution in [-0.4, -0.2) is 35.6 Å². The summed E-state index contributed by atoms with van der Waals surface area (Å²) in [6.07, 6.45) is 0.352. The number of piperazine rings is 1. The predicted molar refractivity (Wildman–Crippen MR) is 83.4 cm³/mol. The van der Waals surface area contributed by atoms with E-state index in [2.05, 4.69) is 22.6 Å². The fourth-order valence-corrected chi connectivity index (χ4v) is 2.98. The Labute approximate surface area is 130 Å². The minimum Gasteiger partial charge on any atom is -0.361 e. The molecule has 0 aliphatic carbocycles. The average molecular weight is 299 g/mol. The number of nitrogens with zero attached hydrogens (tertiary/aromatic N) is 2. The summed E-state index contributed by atoms with van der Waals surface area (Å²) in [4.78, 5) is 14.8. The number of nitrogens with one attached hydrogen (secondary N) is 1. The first-order valence-electron chi connectivity index (χ1n) is 7.63. The first-order chi connectivity index (χ1) is 10.7. The summed E-state index contributed by atoms with van der Waals surface area (Å²) in [7, 11) is 0. The molecule has 1 atom stereocenters. The Morgan fingerprint density at radius 3 is 2.82 bits per heavy atom. The van der Waals surface area contributed by atoms with E-state index in [1.54, 1.807) is 0 Å². The number of aromatic nitrogens is 1. The van der Waals surface area contributed by atoms with E-state index in [1.165, 1.54) is 5.56 Å². The number of carbonyl (C=O) groups excluding carboxylic acids is 1. The van der Waals surface area contributed by atoms with Crippen molar-refractivity contribution in [2.75, 3.05) is 19.6 Å². The Balaban J connectivity index is 1.80. The Bertz CT molecular complexity index is 632. The van der Waals surface area contributed by atoms with Crippen molar-refractivity contribution in [1.82, 2.24) is 15.4 Å². The molecule has 5 nitrogen and oxygen atoms in total. The van der Waals surface area contributed by atoms with Gasteiger partial charge >= 0.3 is 0 Å². The highest BCUT2D eigenvalue weighted by Crippen LogP contribution is 2.24. The molecule has 1 aromatic carbocycles. The molecule has 1 aliphatic heterocycles. The molecular weight excluding hydrogens is 278 g/mol. The van der Waals surface area contributed by atoms with Crippen molar-refractivity contribution in [1.29, 1.82) is 0 Å². The monoisotopic (exact) mass is 299 g/mol. The van der Waals surface area contributed by atoms with E-state index < -0.39 is 0 Å². The number of amides is 1. The minimum absolute atomic E-state index is 0.0860. The molecule has 3 rings (SSSR count). The average Bonchev–Trinajstić information content (AvgIpc) is 2.87. The largest absolute Gasteiger partial charge is 0.361 e. The molecule has 2 heterocycles. The van der Waals surface area contributed by atoms with E-state index >= 15 is 0 Å².